The molecule has 0 amide bonds. The van der Waals surface area contributed by atoms with Crippen LogP contribution in [0, 0.1) is 0 Å². The quantitative estimate of drug-likeness (QED) is 0.648. The second-order valence-corrected chi connectivity index (χ2v) is 3.35. The molecule has 12 heavy (non-hydrogen) atoms. The highest BCUT2D eigenvalue weighted by atomic mass is 16.1. The van der Waals surface area contributed by atoms with Crippen molar-refractivity contribution < 1.29 is 4.79 Å². The summed E-state index contributed by atoms with van der Waals surface area (Å²) in [4.78, 5) is 13.1. The van der Waals surface area contributed by atoms with E-state index >= 15 is 0 Å². The van der Waals surface area contributed by atoms with Crippen LogP contribution in [0.1, 0.15) is 40.0 Å². The molecule has 2 nitrogen and oxygen atoms in total. The molecule has 1 aliphatic heterocycles. The fourth-order valence-corrected chi connectivity index (χ4v) is 1.50. The molecule has 72 valence electrons. The molecule has 0 atom stereocenters. The average Bonchev–Trinajstić information content (AvgIpc) is 2.03. The number of likely N-dealkylation sites (tertiary alicyclic amines) is 1. The van der Waals surface area contributed by atoms with Crippen LogP contribution in [0.2, 0.25) is 0 Å². The Bertz CT molecular complexity index is 128. The molecular formula is C10H21NO. The number of Topliss-reactive ketones (excluding diaryl/α,β-unsaturated/α-hetero) is 1. The van der Waals surface area contributed by atoms with Crippen LogP contribution < -0.4 is 0 Å². The van der Waals surface area contributed by atoms with Gasteiger partial charge in [0.15, 0.2) is 0 Å². The van der Waals surface area contributed by atoms with Crippen LogP contribution in [-0.2, 0) is 4.79 Å². The van der Waals surface area contributed by atoms with E-state index in [4.69, 9.17) is 0 Å². The van der Waals surface area contributed by atoms with Gasteiger partial charge in [0.1, 0.15) is 5.78 Å². The Labute approximate surface area is 75.9 Å². The zero-order valence-electron chi connectivity index (χ0n) is 7.31. The number of hydrogen-bond acceptors (Lipinski definition) is 2. The number of rotatable bonds is 3. The summed E-state index contributed by atoms with van der Waals surface area (Å²) in [5.74, 6) is 0.315. The van der Waals surface area contributed by atoms with E-state index in [0.29, 0.717) is 5.78 Å². The van der Waals surface area contributed by atoms with E-state index in [9.17, 15) is 4.79 Å². The summed E-state index contributed by atoms with van der Waals surface area (Å²) in [6.07, 6.45) is 4.74. The summed E-state index contributed by atoms with van der Waals surface area (Å²) in [6.45, 7) is 5.06. The van der Waals surface area contributed by atoms with Gasteiger partial charge in [-0.25, -0.2) is 0 Å². The lowest BCUT2D eigenvalue weighted by Gasteiger charge is -2.25. The predicted molar refractivity (Wildman–Crippen MR) is 52.3 cm³/mol. The number of nitrogens with zero attached hydrogens (tertiary/aromatic N) is 1. The summed E-state index contributed by atoms with van der Waals surface area (Å²) >= 11 is 0. The molecule has 0 aromatic rings. The van der Waals surface area contributed by atoms with Gasteiger partial charge in [0.05, 0.1) is 0 Å². The maximum atomic E-state index is 10.7. The molecule has 0 aliphatic carbocycles. The summed E-state index contributed by atoms with van der Waals surface area (Å²) < 4.78 is 0. The fraction of sp³-hybridized carbons (Fsp3) is 0.900. The highest BCUT2D eigenvalue weighted by Crippen LogP contribution is 2.08. The Morgan fingerprint density at radius 3 is 2.33 bits per heavy atom. The Morgan fingerprint density at radius 1 is 1.25 bits per heavy atom. The normalized spacial score (nSPS) is 18.4. The lowest BCUT2D eigenvalue weighted by atomic mass is 10.1. The fourth-order valence-electron chi connectivity index (χ4n) is 1.50. The first-order chi connectivity index (χ1) is 5.29. The zero-order valence-corrected chi connectivity index (χ0v) is 7.31. The predicted octanol–water partition coefficient (Wildman–Crippen LogP) is 2.09. The molecule has 0 aromatic heterocycles. The van der Waals surface area contributed by atoms with Gasteiger partial charge >= 0.3 is 0 Å². The Hall–Kier alpha value is -0.370. The van der Waals surface area contributed by atoms with Crippen LogP contribution in [-0.4, -0.2) is 30.3 Å². The lowest BCUT2D eigenvalue weighted by Crippen LogP contribution is -2.31. The van der Waals surface area contributed by atoms with Crippen molar-refractivity contribution in [2.75, 3.05) is 19.6 Å². The third kappa shape index (κ3) is 4.50. The van der Waals surface area contributed by atoms with Gasteiger partial charge in [0.25, 0.3) is 0 Å². The topological polar surface area (TPSA) is 20.3 Å². The molecule has 0 N–H and O–H groups in total. The van der Waals surface area contributed by atoms with Gasteiger partial charge in [0, 0.05) is 13.0 Å². The molecule has 0 saturated carbocycles. The molecule has 0 bridgehead atoms. The second kappa shape index (κ2) is 6.18. The third-order valence-electron chi connectivity index (χ3n) is 2.23. The van der Waals surface area contributed by atoms with Gasteiger partial charge in [-0.15, -0.1) is 0 Å². The van der Waals surface area contributed by atoms with Crippen LogP contribution >= 0.6 is 0 Å². The van der Waals surface area contributed by atoms with Gasteiger partial charge in [-0.05, 0) is 32.9 Å². The monoisotopic (exact) mass is 171 g/mol. The Balaban J connectivity index is 0.00000121. The number of piperidine rings is 1. The number of carbonyl (C=O) groups is 1. The van der Waals surface area contributed by atoms with Gasteiger partial charge in [-0.1, -0.05) is 13.8 Å². The van der Waals surface area contributed by atoms with Crippen molar-refractivity contribution in [3.63, 3.8) is 0 Å². The molecule has 1 rings (SSSR count). The van der Waals surface area contributed by atoms with Gasteiger partial charge in [-0.3, -0.25) is 4.79 Å². The van der Waals surface area contributed by atoms with Gasteiger partial charge in [0.2, 0.25) is 0 Å². The van der Waals surface area contributed by atoms with Gasteiger partial charge in [-0.2, -0.15) is 0 Å². The lowest BCUT2D eigenvalue weighted by molar-refractivity contribution is -0.117. The third-order valence-corrected chi connectivity index (χ3v) is 2.23. The van der Waals surface area contributed by atoms with Crippen molar-refractivity contribution in [1.29, 1.82) is 0 Å². The van der Waals surface area contributed by atoms with Crippen molar-refractivity contribution in [1.82, 2.24) is 4.90 Å². The zero-order chi connectivity index (χ0) is 8.10. The first-order valence-corrected chi connectivity index (χ1v) is 4.51. The Morgan fingerprint density at radius 2 is 1.83 bits per heavy atom. The SMILES string of the molecule is C.CC(=O)CCN1CCCCC1. The highest BCUT2D eigenvalue weighted by Gasteiger charge is 2.09. The average molecular weight is 171 g/mol. The summed E-state index contributed by atoms with van der Waals surface area (Å²) in [5.41, 5.74) is 0. The van der Waals surface area contributed by atoms with Crippen LogP contribution in [0.5, 0.6) is 0 Å². The number of hydrogen-bond donors (Lipinski definition) is 0. The maximum Gasteiger partial charge on any atom is 0.131 e. The summed E-state index contributed by atoms with van der Waals surface area (Å²) in [7, 11) is 0. The van der Waals surface area contributed by atoms with E-state index in [1.54, 1.807) is 6.92 Å². The summed E-state index contributed by atoms with van der Waals surface area (Å²) in [5, 5.41) is 0. The van der Waals surface area contributed by atoms with Crippen molar-refractivity contribution >= 4 is 5.78 Å². The minimum atomic E-state index is 0. The molecule has 1 heterocycles. The van der Waals surface area contributed by atoms with Crippen molar-refractivity contribution in [2.45, 2.75) is 40.0 Å². The molecule has 1 saturated heterocycles. The Kier molecular flexibility index (Phi) is 5.99. The van der Waals surface area contributed by atoms with E-state index in [2.05, 4.69) is 4.90 Å². The maximum absolute atomic E-state index is 10.7. The first-order valence-electron chi connectivity index (χ1n) is 4.51. The van der Waals surface area contributed by atoms with Crippen LogP contribution in [0.25, 0.3) is 0 Å². The molecule has 1 fully saturated rings. The standard InChI is InChI=1S/C9H17NO.CH4/c1-9(11)5-8-10-6-3-2-4-7-10;/h2-8H2,1H3;1H4. The second-order valence-electron chi connectivity index (χ2n) is 3.35. The van der Waals surface area contributed by atoms with Crippen molar-refractivity contribution in [3.8, 4) is 0 Å². The molecule has 2 heteroatoms. The molecule has 0 radical (unpaired) electrons. The molecule has 0 spiro atoms. The summed E-state index contributed by atoms with van der Waals surface area (Å²) in [6, 6.07) is 0. The first kappa shape index (κ1) is 11.6. The van der Waals surface area contributed by atoms with E-state index < -0.39 is 0 Å². The molecule has 0 aromatic carbocycles. The van der Waals surface area contributed by atoms with Crippen molar-refractivity contribution in [2.24, 2.45) is 0 Å². The van der Waals surface area contributed by atoms with Crippen molar-refractivity contribution in [3.05, 3.63) is 0 Å². The molecule has 0 unspecified atom stereocenters. The van der Waals surface area contributed by atoms with Gasteiger partial charge < -0.3 is 4.90 Å². The molecule has 1 aliphatic rings. The minimum Gasteiger partial charge on any atom is -0.303 e. The smallest absolute Gasteiger partial charge is 0.131 e. The largest absolute Gasteiger partial charge is 0.303 e. The minimum absolute atomic E-state index is 0. The number of ketones is 1. The van der Waals surface area contributed by atoms with E-state index in [1.165, 1.54) is 32.4 Å². The van der Waals surface area contributed by atoms with Crippen LogP contribution in [0.15, 0.2) is 0 Å². The number of carbonyl (C=O) groups excluding carboxylic acids is 1. The van der Waals surface area contributed by atoms with E-state index in [-0.39, 0.29) is 7.43 Å². The van der Waals surface area contributed by atoms with Crippen LogP contribution in [0.4, 0.5) is 0 Å². The molecular weight excluding hydrogens is 150 g/mol. The van der Waals surface area contributed by atoms with E-state index in [1.807, 2.05) is 0 Å². The van der Waals surface area contributed by atoms with E-state index in [0.717, 1.165) is 13.0 Å². The highest BCUT2D eigenvalue weighted by molar-refractivity contribution is 5.75. The van der Waals surface area contributed by atoms with Crippen LogP contribution in [0.3, 0.4) is 0 Å².